The van der Waals surface area contributed by atoms with Gasteiger partial charge in [0.05, 0.1) is 5.41 Å². The van der Waals surface area contributed by atoms with E-state index in [9.17, 15) is 4.79 Å². The van der Waals surface area contributed by atoms with Crippen molar-refractivity contribution in [1.82, 2.24) is 0 Å². The van der Waals surface area contributed by atoms with E-state index in [0.717, 1.165) is 67.1 Å². The minimum absolute atomic E-state index is 0. The average Bonchev–Trinajstić information content (AvgIpc) is 3.94. The first-order valence-electron chi connectivity index (χ1n) is 20.5. The first-order valence-corrected chi connectivity index (χ1v) is 20.5. The van der Waals surface area contributed by atoms with Crippen molar-refractivity contribution in [3.63, 3.8) is 0 Å². The van der Waals surface area contributed by atoms with Crippen molar-refractivity contribution in [2.75, 3.05) is 0 Å². The summed E-state index contributed by atoms with van der Waals surface area (Å²) in [6, 6.07) is 7.43. The molecule has 0 aromatic heterocycles. The molecule has 50 heavy (non-hydrogen) atoms. The molecule has 4 heteroatoms. The molecule has 0 aliphatic heterocycles. The van der Waals surface area contributed by atoms with Crippen LogP contribution in [0.25, 0.3) is 0 Å². The summed E-state index contributed by atoms with van der Waals surface area (Å²) in [4.78, 5) is 12.7. The Morgan fingerprint density at radius 2 is 1.34 bits per heavy atom. The third-order valence-electron chi connectivity index (χ3n) is 14.4. The van der Waals surface area contributed by atoms with E-state index >= 15 is 0 Å². The molecule has 6 fully saturated rings. The Kier molecular flexibility index (Phi) is 20.4. The fourth-order valence-electron chi connectivity index (χ4n) is 10.5. The SMILES string of the molecule is C1CCCC1.CCC(C)(C)C(=O)OC1(CC)CC2CC1C1C3CCC(C3)C21.CCC(C)C1CCCC1.CCC(C)c1ccc(O)cc1.[CH3-].[CH3-].[Fe+2]. The van der Waals surface area contributed by atoms with Gasteiger partial charge in [-0.1, -0.05) is 118 Å². The van der Waals surface area contributed by atoms with E-state index in [0.29, 0.717) is 17.6 Å². The number of carbonyl (C=O) groups is 1. The van der Waals surface area contributed by atoms with Gasteiger partial charge < -0.3 is 24.7 Å². The number of rotatable bonds is 8. The van der Waals surface area contributed by atoms with Gasteiger partial charge in [-0.2, -0.15) is 0 Å². The summed E-state index contributed by atoms with van der Waals surface area (Å²) >= 11 is 0. The standard InChI is InChI=1S/C20H32O2.C10H14O.C9H18.C5H10.2CH3.Fe/c1-5-19(3,4)18(21)22-20(6-2)11-14-10-15(20)17-13-8-7-12(9-13)16(14)17;1-3-8(2)9-4-6-10(11)7-5-9;1-3-8(2)9-6-4-5-7-9;1-2-4-5-3-1;;;/h12-17H,5-11H2,1-4H3;4-8,11H,3H2,1-2H3;8-9H,3-7H2,1-2H3;1-5H2;2*1H3;/q;;;;2*-1;+2. The van der Waals surface area contributed by atoms with E-state index < -0.39 is 0 Å². The first kappa shape index (κ1) is 47.0. The van der Waals surface area contributed by atoms with Crippen molar-refractivity contribution in [3.05, 3.63) is 44.7 Å². The van der Waals surface area contributed by atoms with E-state index in [1.54, 1.807) is 12.1 Å². The summed E-state index contributed by atoms with van der Waals surface area (Å²) in [6.07, 6.45) is 24.8. The number of carbonyl (C=O) groups excluding carboxylic acids is 1. The Hall–Kier alpha value is -0.991. The smallest absolute Gasteiger partial charge is 0.508 e. The number of aromatic hydroxyl groups is 1. The molecule has 7 rings (SSSR count). The van der Waals surface area contributed by atoms with Crippen molar-refractivity contribution in [3.8, 4) is 5.75 Å². The summed E-state index contributed by atoms with van der Waals surface area (Å²) in [5, 5.41) is 9.01. The molecule has 6 aliphatic rings. The number of hydrogen-bond donors (Lipinski definition) is 1. The van der Waals surface area contributed by atoms with Gasteiger partial charge in [-0.3, -0.25) is 4.79 Å². The Morgan fingerprint density at radius 1 is 0.800 bits per heavy atom. The number of ether oxygens (including phenoxy) is 1. The maximum Gasteiger partial charge on any atom is 2.00 e. The summed E-state index contributed by atoms with van der Waals surface area (Å²) < 4.78 is 6.31. The molecule has 6 aliphatic carbocycles. The molecule has 1 N–H and O–H groups in total. The number of esters is 1. The Labute approximate surface area is 322 Å². The molecule has 3 nitrogen and oxygen atoms in total. The van der Waals surface area contributed by atoms with E-state index in [2.05, 4.69) is 41.5 Å². The third-order valence-corrected chi connectivity index (χ3v) is 14.4. The monoisotopic (exact) mass is 737 g/mol. The molecule has 0 amide bonds. The third kappa shape index (κ3) is 11.3. The molecule has 4 bridgehead atoms. The van der Waals surface area contributed by atoms with Crippen LogP contribution in [0.4, 0.5) is 0 Å². The minimum atomic E-state index is -0.335. The summed E-state index contributed by atoms with van der Waals surface area (Å²) in [6.45, 7) is 17.5. The van der Waals surface area contributed by atoms with Gasteiger partial charge in [-0.25, -0.2) is 0 Å². The van der Waals surface area contributed by atoms with Crippen LogP contribution < -0.4 is 0 Å². The average molecular weight is 737 g/mol. The van der Waals surface area contributed by atoms with Crippen LogP contribution in [0, 0.1) is 67.6 Å². The molecule has 0 heterocycles. The molecule has 0 spiro atoms. The number of benzene rings is 1. The van der Waals surface area contributed by atoms with Crippen molar-refractivity contribution in [2.45, 2.75) is 182 Å². The molecule has 6 saturated carbocycles. The second-order valence-electron chi connectivity index (χ2n) is 17.4. The normalized spacial score (nSPS) is 31.1. The van der Waals surface area contributed by atoms with Crippen LogP contribution in [0.5, 0.6) is 5.75 Å². The molecule has 1 aromatic carbocycles. The maximum atomic E-state index is 12.7. The maximum absolute atomic E-state index is 12.7. The van der Waals surface area contributed by atoms with Gasteiger partial charge in [0.1, 0.15) is 11.4 Å². The van der Waals surface area contributed by atoms with Gasteiger partial charge in [-0.05, 0) is 130 Å². The topological polar surface area (TPSA) is 46.5 Å². The van der Waals surface area contributed by atoms with Gasteiger partial charge in [0.2, 0.25) is 0 Å². The van der Waals surface area contributed by atoms with Crippen LogP contribution >= 0.6 is 0 Å². The predicted octanol–water partition coefficient (Wildman–Crippen LogP) is 13.8. The molecule has 1 aromatic rings. The molecular formula is C46H80FeO3. The van der Waals surface area contributed by atoms with Crippen LogP contribution in [0.15, 0.2) is 24.3 Å². The van der Waals surface area contributed by atoms with Crippen molar-refractivity contribution >= 4 is 5.97 Å². The Bertz CT molecular complexity index is 1070. The molecule has 0 radical (unpaired) electrons. The van der Waals surface area contributed by atoms with E-state index in [1.165, 1.54) is 95.5 Å². The largest absolute Gasteiger partial charge is 2.00 e. The van der Waals surface area contributed by atoms with Gasteiger partial charge in [-0.15, -0.1) is 0 Å². The number of phenols is 1. The van der Waals surface area contributed by atoms with Gasteiger partial charge in [0.25, 0.3) is 0 Å². The zero-order valence-electron chi connectivity index (χ0n) is 34.4. The van der Waals surface area contributed by atoms with Crippen LogP contribution in [0.1, 0.15) is 182 Å². The van der Waals surface area contributed by atoms with Crippen LogP contribution in [0.3, 0.4) is 0 Å². The Morgan fingerprint density at radius 3 is 1.82 bits per heavy atom. The van der Waals surface area contributed by atoms with E-state index in [1.807, 2.05) is 26.0 Å². The predicted molar refractivity (Wildman–Crippen MR) is 211 cm³/mol. The van der Waals surface area contributed by atoms with Crippen molar-refractivity contribution in [2.24, 2.45) is 52.8 Å². The zero-order chi connectivity index (χ0) is 34.2. The number of phenolic OH excluding ortho intramolecular Hbond substituents is 1. The molecule has 0 saturated heterocycles. The van der Waals surface area contributed by atoms with E-state index in [-0.39, 0.29) is 48.9 Å². The second-order valence-corrected chi connectivity index (χ2v) is 17.4. The minimum Gasteiger partial charge on any atom is -0.508 e. The van der Waals surface area contributed by atoms with Gasteiger partial charge in [0, 0.05) is 5.92 Å². The molecule has 9 atom stereocenters. The van der Waals surface area contributed by atoms with Gasteiger partial charge in [0.15, 0.2) is 0 Å². The van der Waals surface area contributed by atoms with Crippen molar-refractivity contribution in [1.29, 1.82) is 0 Å². The number of hydrogen-bond acceptors (Lipinski definition) is 3. The fraction of sp³-hybridized carbons (Fsp3) is 0.804. The number of fused-ring (bicyclic) bond motifs is 9. The molecule has 9 unspecified atom stereocenters. The summed E-state index contributed by atoms with van der Waals surface area (Å²) in [5.74, 6) is 8.41. The van der Waals surface area contributed by atoms with Crippen molar-refractivity contribution < 1.29 is 31.7 Å². The second kappa shape index (κ2) is 21.6. The van der Waals surface area contributed by atoms with E-state index in [4.69, 9.17) is 9.84 Å². The van der Waals surface area contributed by atoms with Gasteiger partial charge >= 0.3 is 23.0 Å². The van der Waals surface area contributed by atoms with Crippen LogP contribution in [-0.4, -0.2) is 16.7 Å². The van der Waals surface area contributed by atoms with Crippen LogP contribution in [-0.2, 0) is 26.6 Å². The summed E-state index contributed by atoms with van der Waals surface area (Å²) in [5.41, 5.74) is 0.836. The van der Waals surface area contributed by atoms with Crippen LogP contribution in [0.2, 0.25) is 0 Å². The first-order chi connectivity index (χ1) is 22.5. The Balaban J connectivity index is 0.000000376. The summed E-state index contributed by atoms with van der Waals surface area (Å²) in [7, 11) is 0. The molecule has 290 valence electrons. The fourth-order valence-corrected chi connectivity index (χ4v) is 10.5. The zero-order valence-corrected chi connectivity index (χ0v) is 35.5. The quantitative estimate of drug-likeness (QED) is 0.125. The molecular weight excluding hydrogens is 656 g/mol.